The number of amides is 1. The van der Waals surface area contributed by atoms with Gasteiger partial charge in [-0.25, -0.2) is 22.3 Å². The molecule has 0 bridgehead atoms. The van der Waals surface area contributed by atoms with Gasteiger partial charge in [0.05, 0.1) is 18.9 Å². The molecule has 2 fully saturated rings. The Morgan fingerprint density at radius 2 is 1.89 bits per heavy atom. The van der Waals surface area contributed by atoms with Gasteiger partial charge in [-0.3, -0.25) is 0 Å². The minimum Gasteiger partial charge on any atom is -0.497 e. The van der Waals surface area contributed by atoms with Crippen molar-refractivity contribution in [3.05, 3.63) is 29.8 Å². The minimum absolute atomic E-state index is 0.110. The Labute approximate surface area is 206 Å². The van der Waals surface area contributed by atoms with Crippen LogP contribution < -0.4 is 15.4 Å². The Hall–Kier alpha value is -2.57. The molecule has 2 saturated heterocycles. The number of hydrogen-bond acceptors (Lipinski definition) is 9. The molecule has 12 heteroatoms. The first kappa shape index (κ1) is 27.0. The molecule has 35 heavy (non-hydrogen) atoms. The SMILES string of the molecule is COc1ccc(C[C@H]2NC[C@H](OC(=O)OC(C)(C)C)[C@H]2OC(=O)NCCN2CCCS2(=O)=O)cc1. The van der Waals surface area contributed by atoms with Gasteiger partial charge < -0.3 is 29.6 Å². The summed E-state index contributed by atoms with van der Waals surface area (Å²) in [6.45, 7) is 6.21. The molecule has 0 spiro atoms. The molecular weight excluding hydrogens is 478 g/mol. The molecule has 0 aromatic heterocycles. The lowest BCUT2D eigenvalue weighted by atomic mass is 10.0. The lowest BCUT2D eigenvalue weighted by molar-refractivity contribution is -0.0517. The quantitative estimate of drug-likeness (QED) is 0.498. The number of hydrogen-bond donors (Lipinski definition) is 2. The standard InChI is InChI=1S/C23H35N3O8S/c1-23(2,3)34-22(28)32-19-15-25-18(14-16-6-8-17(31-4)9-7-16)20(19)33-21(27)24-10-12-26-11-5-13-35(26,29)30/h6-9,18-20,25H,5,10-15H2,1-4H3,(H,24,27)/t18-,19+,20+/m1/s1. The Bertz CT molecular complexity index is 977. The first-order valence-corrected chi connectivity index (χ1v) is 13.3. The fraction of sp³-hybridized carbons (Fsp3) is 0.652. The Morgan fingerprint density at radius 3 is 2.49 bits per heavy atom. The summed E-state index contributed by atoms with van der Waals surface area (Å²) in [5.41, 5.74) is 0.254. The predicted octanol–water partition coefficient (Wildman–Crippen LogP) is 1.66. The molecule has 0 saturated carbocycles. The van der Waals surface area contributed by atoms with E-state index in [1.807, 2.05) is 24.3 Å². The zero-order chi connectivity index (χ0) is 25.6. The number of rotatable bonds is 8. The van der Waals surface area contributed by atoms with Crippen LogP contribution in [0.2, 0.25) is 0 Å². The number of sulfonamides is 1. The molecule has 1 amide bonds. The van der Waals surface area contributed by atoms with Crippen LogP contribution in [-0.4, -0.2) is 87.9 Å². The number of nitrogens with one attached hydrogen (secondary N) is 2. The van der Waals surface area contributed by atoms with Crippen molar-refractivity contribution in [1.29, 1.82) is 0 Å². The van der Waals surface area contributed by atoms with Crippen LogP contribution in [0.1, 0.15) is 32.8 Å². The maximum Gasteiger partial charge on any atom is 0.509 e. The summed E-state index contributed by atoms with van der Waals surface area (Å²) in [4.78, 5) is 24.8. The van der Waals surface area contributed by atoms with Gasteiger partial charge in [0.15, 0.2) is 12.2 Å². The fourth-order valence-electron chi connectivity index (χ4n) is 4.02. The number of methoxy groups -OCH3 is 1. The third-order valence-corrected chi connectivity index (χ3v) is 7.63. The van der Waals surface area contributed by atoms with Crippen LogP contribution in [0.4, 0.5) is 9.59 Å². The van der Waals surface area contributed by atoms with Gasteiger partial charge in [0, 0.05) is 26.2 Å². The molecule has 0 aliphatic carbocycles. The third-order valence-electron chi connectivity index (χ3n) is 5.67. The average molecular weight is 514 g/mol. The summed E-state index contributed by atoms with van der Waals surface area (Å²) < 4.78 is 46.8. The molecule has 2 aliphatic heterocycles. The maximum absolute atomic E-state index is 12.6. The molecule has 1 aromatic rings. The van der Waals surface area contributed by atoms with Gasteiger partial charge >= 0.3 is 12.2 Å². The normalized spacial score (nSPS) is 24.1. The highest BCUT2D eigenvalue weighted by Gasteiger charge is 2.42. The fourth-order valence-corrected chi connectivity index (χ4v) is 5.55. The van der Waals surface area contributed by atoms with Crippen molar-refractivity contribution in [3.8, 4) is 5.75 Å². The van der Waals surface area contributed by atoms with Crippen molar-refractivity contribution in [3.63, 3.8) is 0 Å². The van der Waals surface area contributed by atoms with Crippen LogP contribution in [0, 0.1) is 0 Å². The van der Waals surface area contributed by atoms with Crippen molar-refractivity contribution in [2.45, 2.75) is 57.5 Å². The second-order valence-corrected chi connectivity index (χ2v) is 11.6. The first-order valence-electron chi connectivity index (χ1n) is 11.6. The summed E-state index contributed by atoms with van der Waals surface area (Å²) in [7, 11) is -1.65. The lowest BCUT2D eigenvalue weighted by Gasteiger charge is -2.26. The Morgan fingerprint density at radius 1 is 1.17 bits per heavy atom. The van der Waals surface area contributed by atoms with Crippen molar-refractivity contribution in [1.82, 2.24) is 14.9 Å². The van der Waals surface area contributed by atoms with E-state index in [1.165, 1.54) is 4.31 Å². The molecular formula is C23H35N3O8S. The maximum atomic E-state index is 12.6. The Balaban J connectivity index is 1.62. The molecule has 3 atom stereocenters. The van der Waals surface area contributed by atoms with Gasteiger partial charge in [-0.1, -0.05) is 12.1 Å². The summed E-state index contributed by atoms with van der Waals surface area (Å²) >= 11 is 0. The third kappa shape index (κ3) is 7.97. The monoisotopic (exact) mass is 513 g/mol. The second kappa shape index (κ2) is 11.4. The topological polar surface area (TPSA) is 132 Å². The van der Waals surface area contributed by atoms with Gasteiger partial charge in [-0.2, -0.15) is 0 Å². The highest BCUT2D eigenvalue weighted by Crippen LogP contribution is 2.22. The van der Waals surface area contributed by atoms with E-state index in [0.717, 1.165) is 11.3 Å². The van der Waals surface area contributed by atoms with Crippen LogP contribution in [-0.2, 0) is 30.7 Å². The molecule has 2 heterocycles. The van der Waals surface area contributed by atoms with Gasteiger partial charge in [0.2, 0.25) is 10.0 Å². The van der Waals surface area contributed by atoms with Crippen LogP contribution in [0.3, 0.4) is 0 Å². The van der Waals surface area contributed by atoms with Crippen molar-refractivity contribution in [2.24, 2.45) is 0 Å². The molecule has 196 valence electrons. The molecule has 2 aliphatic rings. The van der Waals surface area contributed by atoms with Gasteiger partial charge in [-0.15, -0.1) is 0 Å². The van der Waals surface area contributed by atoms with Gasteiger partial charge in [-0.05, 0) is 51.3 Å². The largest absolute Gasteiger partial charge is 0.509 e. The van der Waals surface area contributed by atoms with E-state index < -0.39 is 40.1 Å². The van der Waals surface area contributed by atoms with Crippen LogP contribution in [0.15, 0.2) is 24.3 Å². The zero-order valence-corrected chi connectivity index (χ0v) is 21.4. The van der Waals surface area contributed by atoms with Crippen molar-refractivity contribution >= 4 is 22.3 Å². The lowest BCUT2D eigenvalue weighted by Crippen LogP contribution is -2.44. The molecule has 1 aromatic carbocycles. The first-order chi connectivity index (χ1) is 16.5. The van der Waals surface area contributed by atoms with E-state index in [2.05, 4.69) is 10.6 Å². The van der Waals surface area contributed by atoms with E-state index in [9.17, 15) is 18.0 Å². The van der Waals surface area contributed by atoms with Gasteiger partial charge in [0.1, 0.15) is 11.4 Å². The van der Waals surface area contributed by atoms with E-state index in [1.54, 1.807) is 27.9 Å². The molecule has 11 nitrogen and oxygen atoms in total. The van der Waals surface area contributed by atoms with E-state index in [0.29, 0.717) is 19.4 Å². The van der Waals surface area contributed by atoms with E-state index in [4.69, 9.17) is 18.9 Å². The van der Waals surface area contributed by atoms with Crippen LogP contribution in [0.25, 0.3) is 0 Å². The second-order valence-electron chi connectivity index (χ2n) is 9.55. The summed E-state index contributed by atoms with van der Waals surface area (Å²) in [6.07, 6.45) is -1.99. The number of carbonyl (C=O) groups is 2. The molecule has 0 radical (unpaired) electrons. The highest BCUT2D eigenvalue weighted by atomic mass is 32.2. The minimum atomic E-state index is -3.24. The number of nitrogens with zero attached hydrogens (tertiary/aromatic N) is 1. The number of carbonyl (C=O) groups excluding carboxylic acids is 2. The van der Waals surface area contributed by atoms with Crippen molar-refractivity contribution < 1.29 is 37.0 Å². The number of ether oxygens (including phenoxy) is 4. The summed E-state index contributed by atoms with van der Waals surface area (Å²) in [5, 5.41) is 5.86. The predicted molar refractivity (Wildman–Crippen MR) is 128 cm³/mol. The van der Waals surface area contributed by atoms with Gasteiger partial charge in [0.25, 0.3) is 0 Å². The summed E-state index contributed by atoms with van der Waals surface area (Å²) in [5.74, 6) is 0.855. The molecule has 3 rings (SSSR count). The van der Waals surface area contributed by atoms with Crippen LogP contribution in [0.5, 0.6) is 5.75 Å². The highest BCUT2D eigenvalue weighted by molar-refractivity contribution is 7.89. The molecule has 2 N–H and O–H groups in total. The van der Waals surface area contributed by atoms with E-state index in [-0.39, 0.29) is 31.4 Å². The summed E-state index contributed by atoms with van der Waals surface area (Å²) in [6, 6.07) is 7.19. The number of benzene rings is 1. The zero-order valence-electron chi connectivity index (χ0n) is 20.6. The molecule has 0 unspecified atom stereocenters. The Kier molecular flexibility index (Phi) is 8.84. The van der Waals surface area contributed by atoms with Crippen LogP contribution >= 0.6 is 0 Å². The smallest absolute Gasteiger partial charge is 0.497 e. The average Bonchev–Trinajstić information content (AvgIpc) is 3.29. The number of alkyl carbamates (subject to hydrolysis) is 1. The van der Waals surface area contributed by atoms with Crippen molar-refractivity contribution in [2.75, 3.05) is 39.0 Å². The van der Waals surface area contributed by atoms with E-state index >= 15 is 0 Å².